The molecule has 2 aromatic heterocycles. The molecule has 0 N–H and O–H groups in total. The average Bonchev–Trinajstić information content (AvgIpc) is 3.31. The predicted molar refractivity (Wildman–Crippen MR) is 149 cm³/mol. The van der Waals surface area contributed by atoms with E-state index in [1.54, 1.807) is 0 Å². The van der Waals surface area contributed by atoms with Gasteiger partial charge in [-0.25, -0.2) is 4.98 Å². The molecule has 3 nitrogen and oxygen atoms in total. The van der Waals surface area contributed by atoms with Gasteiger partial charge in [-0.3, -0.25) is 4.40 Å². The number of fused-ring (bicyclic) bond motifs is 3. The van der Waals surface area contributed by atoms with Crippen molar-refractivity contribution >= 4 is 40.4 Å². The molecule has 36 heavy (non-hydrogen) atoms. The Kier molecular flexibility index (Phi) is 5.58. The highest BCUT2D eigenvalue weighted by Crippen LogP contribution is 2.32. The van der Waals surface area contributed by atoms with Crippen molar-refractivity contribution in [3.8, 4) is 28.5 Å². The van der Waals surface area contributed by atoms with Crippen LogP contribution in [-0.4, -0.2) is 9.38 Å². The van der Waals surface area contributed by atoms with Crippen LogP contribution in [0.1, 0.15) is 16.7 Å². The summed E-state index contributed by atoms with van der Waals surface area (Å²) in [5.41, 5.74) is 9.06. The van der Waals surface area contributed by atoms with Crippen LogP contribution in [0.2, 0.25) is 5.02 Å². The van der Waals surface area contributed by atoms with E-state index in [2.05, 4.69) is 42.5 Å². The second-order valence-electron chi connectivity index (χ2n) is 8.56. The first kappa shape index (κ1) is 21.9. The van der Waals surface area contributed by atoms with Crippen LogP contribution < -0.4 is 0 Å². The minimum Gasteiger partial charge on any atom is -0.291 e. The van der Waals surface area contributed by atoms with Gasteiger partial charge in [0.2, 0.25) is 0 Å². The standard InChI is InChI=1S/C32H20ClN3/c33-27-10-6-9-26(19-27)31-20-25(28(21-34)32-35-29-11-4-5-12-30(29)36(31)32)18-15-22-13-16-24(17-14-22)23-7-2-1-3-8-23/h1-20H. The van der Waals surface area contributed by atoms with Crippen LogP contribution in [0.4, 0.5) is 0 Å². The van der Waals surface area contributed by atoms with Crippen molar-refractivity contribution in [2.45, 2.75) is 0 Å². The Bertz CT molecular complexity index is 1790. The molecule has 0 aliphatic rings. The summed E-state index contributed by atoms with van der Waals surface area (Å²) in [5.74, 6) is 0. The van der Waals surface area contributed by atoms with Crippen LogP contribution >= 0.6 is 11.6 Å². The number of hydrogen-bond donors (Lipinski definition) is 0. The summed E-state index contributed by atoms with van der Waals surface area (Å²) in [4.78, 5) is 4.83. The number of nitrogens with zero attached hydrogens (tertiary/aromatic N) is 3. The maximum Gasteiger partial charge on any atom is 0.157 e. The summed E-state index contributed by atoms with van der Waals surface area (Å²) in [7, 11) is 0. The van der Waals surface area contributed by atoms with Crippen molar-refractivity contribution in [1.29, 1.82) is 5.26 Å². The minimum atomic E-state index is 0.536. The molecule has 4 aromatic carbocycles. The lowest BCUT2D eigenvalue weighted by atomic mass is 10.0. The van der Waals surface area contributed by atoms with Gasteiger partial charge in [0, 0.05) is 10.6 Å². The maximum absolute atomic E-state index is 10.1. The lowest BCUT2D eigenvalue weighted by Crippen LogP contribution is -1.98. The van der Waals surface area contributed by atoms with Gasteiger partial charge in [0.1, 0.15) is 11.6 Å². The van der Waals surface area contributed by atoms with Gasteiger partial charge in [0.05, 0.1) is 16.7 Å². The molecule has 0 radical (unpaired) electrons. The van der Waals surface area contributed by atoms with Gasteiger partial charge in [0.15, 0.2) is 5.65 Å². The van der Waals surface area contributed by atoms with Gasteiger partial charge < -0.3 is 0 Å². The molecule has 0 saturated heterocycles. The molecule has 2 heterocycles. The third kappa shape index (κ3) is 3.94. The van der Waals surface area contributed by atoms with Crippen LogP contribution in [-0.2, 0) is 0 Å². The van der Waals surface area contributed by atoms with Gasteiger partial charge in [-0.05, 0) is 52.6 Å². The van der Waals surface area contributed by atoms with Crippen molar-refractivity contribution in [3.63, 3.8) is 0 Å². The molecule has 0 saturated carbocycles. The molecule has 0 aliphatic carbocycles. The Morgan fingerprint density at radius 2 is 1.44 bits per heavy atom. The highest BCUT2D eigenvalue weighted by Gasteiger charge is 2.17. The number of nitriles is 1. The number of hydrogen-bond acceptors (Lipinski definition) is 2. The van der Waals surface area contributed by atoms with E-state index in [4.69, 9.17) is 16.6 Å². The monoisotopic (exact) mass is 481 g/mol. The molecule has 6 rings (SSSR count). The van der Waals surface area contributed by atoms with Crippen molar-refractivity contribution in [3.05, 3.63) is 131 Å². The van der Waals surface area contributed by atoms with E-state index >= 15 is 0 Å². The fraction of sp³-hybridized carbons (Fsp3) is 0. The largest absolute Gasteiger partial charge is 0.291 e. The van der Waals surface area contributed by atoms with Crippen LogP contribution in [0.5, 0.6) is 0 Å². The number of imidazole rings is 1. The van der Waals surface area contributed by atoms with Gasteiger partial charge >= 0.3 is 0 Å². The lowest BCUT2D eigenvalue weighted by molar-refractivity contribution is 1.21. The first-order chi connectivity index (χ1) is 17.7. The molecule has 0 amide bonds. The third-order valence-electron chi connectivity index (χ3n) is 6.31. The van der Waals surface area contributed by atoms with Crippen LogP contribution in [0.15, 0.2) is 109 Å². The minimum absolute atomic E-state index is 0.536. The lowest BCUT2D eigenvalue weighted by Gasteiger charge is -2.11. The molecule has 0 aliphatic heterocycles. The quantitative estimate of drug-likeness (QED) is 0.253. The zero-order valence-electron chi connectivity index (χ0n) is 19.3. The SMILES string of the molecule is N#Cc1c(C=Cc2ccc(-c3ccccc3)cc2)cc(-c2cccc(Cl)c2)n2c1nc1ccccc12. The Morgan fingerprint density at radius 1 is 0.722 bits per heavy atom. The Labute approximate surface area is 214 Å². The maximum atomic E-state index is 10.1. The summed E-state index contributed by atoms with van der Waals surface area (Å²) in [5, 5.41) is 10.8. The van der Waals surface area contributed by atoms with Crippen molar-refractivity contribution < 1.29 is 0 Å². The highest BCUT2D eigenvalue weighted by atomic mass is 35.5. The Balaban J connectivity index is 1.50. The molecule has 0 unspecified atom stereocenters. The fourth-order valence-corrected chi connectivity index (χ4v) is 4.75. The molecule has 0 fully saturated rings. The Hall–Kier alpha value is -4.65. The van der Waals surface area contributed by atoms with Crippen LogP contribution in [0.3, 0.4) is 0 Å². The average molecular weight is 482 g/mol. The number of rotatable bonds is 4. The van der Waals surface area contributed by atoms with Crippen LogP contribution in [0.25, 0.3) is 51.2 Å². The van der Waals surface area contributed by atoms with Crippen molar-refractivity contribution in [2.75, 3.05) is 0 Å². The number of para-hydroxylation sites is 2. The molecular formula is C32H20ClN3. The fourth-order valence-electron chi connectivity index (χ4n) is 4.56. The molecule has 4 heteroatoms. The molecule has 0 atom stereocenters. The van der Waals surface area contributed by atoms with Crippen LogP contribution in [0, 0.1) is 11.3 Å². The molecule has 0 bridgehead atoms. The smallest absolute Gasteiger partial charge is 0.157 e. The molecular weight excluding hydrogens is 462 g/mol. The summed E-state index contributed by atoms with van der Waals surface area (Å²) < 4.78 is 2.05. The Morgan fingerprint density at radius 3 is 2.22 bits per heavy atom. The predicted octanol–water partition coefficient (Wildman–Crippen LogP) is 8.52. The molecule has 6 aromatic rings. The zero-order valence-corrected chi connectivity index (χ0v) is 20.0. The van der Waals surface area contributed by atoms with E-state index in [0.29, 0.717) is 16.2 Å². The number of halogens is 1. The summed E-state index contributed by atoms with van der Waals surface area (Å²) in [6.07, 6.45) is 4.02. The first-order valence-electron chi connectivity index (χ1n) is 11.6. The summed E-state index contributed by atoms with van der Waals surface area (Å²) in [6, 6.07) is 38.8. The second kappa shape index (κ2) is 9.19. The van der Waals surface area contributed by atoms with Gasteiger partial charge in [-0.15, -0.1) is 0 Å². The highest BCUT2D eigenvalue weighted by molar-refractivity contribution is 6.30. The van der Waals surface area contributed by atoms with Crippen molar-refractivity contribution in [2.24, 2.45) is 0 Å². The van der Waals surface area contributed by atoms with E-state index in [9.17, 15) is 5.26 Å². The van der Waals surface area contributed by atoms with Crippen molar-refractivity contribution in [1.82, 2.24) is 9.38 Å². The van der Waals surface area contributed by atoms with Gasteiger partial charge in [0.25, 0.3) is 0 Å². The van der Waals surface area contributed by atoms with Gasteiger partial charge in [-0.1, -0.05) is 103 Å². The normalized spacial score (nSPS) is 11.3. The van der Waals surface area contributed by atoms with E-state index in [0.717, 1.165) is 33.4 Å². The third-order valence-corrected chi connectivity index (χ3v) is 6.55. The second-order valence-corrected chi connectivity index (χ2v) is 9.00. The molecule has 170 valence electrons. The number of aromatic nitrogens is 2. The first-order valence-corrected chi connectivity index (χ1v) is 12.0. The summed E-state index contributed by atoms with van der Waals surface area (Å²) >= 11 is 6.34. The number of pyridine rings is 1. The number of benzene rings is 4. The van der Waals surface area contributed by atoms with E-state index in [1.165, 1.54) is 11.1 Å². The van der Waals surface area contributed by atoms with E-state index < -0.39 is 0 Å². The summed E-state index contributed by atoms with van der Waals surface area (Å²) in [6.45, 7) is 0. The zero-order chi connectivity index (χ0) is 24.5. The van der Waals surface area contributed by atoms with E-state index in [-0.39, 0.29) is 0 Å². The van der Waals surface area contributed by atoms with Gasteiger partial charge in [-0.2, -0.15) is 5.26 Å². The molecule has 0 spiro atoms. The topological polar surface area (TPSA) is 41.1 Å². The van der Waals surface area contributed by atoms with E-state index in [1.807, 2.05) is 89.3 Å².